The van der Waals surface area contributed by atoms with Crippen LogP contribution < -0.4 is 4.74 Å². The average molecular weight is 540 g/mol. The van der Waals surface area contributed by atoms with Crippen LogP contribution in [0.4, 0.5) is 0 Å². The summed E-state index contributed by atoms with van der Waals surface area (Å²) in [6.07, 6.45) is 16.2. The van der Waals surface area contributed by atoms with Gasteiger partial charge in [-0.25, -0.2) is 0 Å². The van der Waals surface area contributed by atoms with E-state index in [1.165, 1.54) is 44.9 Å². The molecule has 1 aromatic rings. The van der Waals surface area contributed by atoms with Gasteiger partial charge in [0, 0.05) is 17.4 Å². The van der Waals surface area contributed by atoms with Gasteiger partial charge in [0.2, 0.25) is 0 Å². The molecule has 0 bridgehead atoms. The quantitative estimate of drug-likeness (QED) is 0.212. The molecule has 3 rings (SSSR count). The molecule has 0 radical (unpaired) electrons. The van der Waals surface area contributed by atoms with Gasteiger partial charge in [0.15, 0.2) is 5.78 Å². The van der Waals surface area contributed by atoms with Crippen molar-refractivity contribution in [3.05, 3.63) is 27.2 Å². The lowest BCUT2D eigenvalue weighted by Gasteiger charge is -2.40. The third kappa shape index (κ3) is 6.41. The number of carboxylic acid groups (broad SMARTS) is 1. The summed E-state index contributed by atoms with van der Waals surface area (Å²) in [6, 6.07) is 1.97. The summed E-state index contributed by atoms with van der Waals surface area (Å²) in [5.41, 5.74) is 1.25. The molecule has 1 saturated carbocycles. The van der Waals surface area contributed by atoms with Gasteiger partial charge < -0.3 is 9.84 Å². The zero-order valence-electron chi connectivity index (χ0n) is 22.2. The standard InChI is InChI=1S/C30H44Cl2O4/c1-3-5-7-9-16-23-22-20-24(36-19-13-17-25(33)34)27(31)28(32)26(22)29(35)30(23,18-12-8-6-4-2)21-14-10-11-15-21/h20-21,23H,3-19H2,1-2H3,(H,33,34). The molecule has 4 nitrogen and oxygen atoms in total. The first-order valence-corrected chi connectivity index (χ1v) is 15.0. The highest BCUT2D eigenvalue weighted by atomic mass is 35.5. The molecule has 6 heteroatoms. The molecular weight excluding hydrogens is 495 g/mol. The molecule has 2 aliphatic carbocycles. The van der Waals surface area contributed by atoms with Gasteiger partial charge in [-0.15, -0.1) is 0 Å². The number of carbonyl (C=O) groups is 2. The molecule has 0 heterocycles. The first-order chi connectivity index (χ1) is 17.4. The van der Waals surface area contributed by atoms with Crippen molar-refractivity contribution in [3.8, 4) is 5.75 Å². The van der Waals surface area contributed by atoms with Crippen LogP contribution in [0.25, 0.3) is 0 Å². The minimum Gasteiger partial charge on any atom is -0.492 e. The predicted molar refractivity (Wildman–Crippen MR) is 148 cm³/mol. The molecule has 36 heavy (non-hydrogen) atoms. The molecule has 1 N–H and O–H groups in total. The van der Waals surface area contributed by atoms with Gasteiger partial charge in [0.25, 0.3) is 0 Å². The van der Waals surface area contributed by atoms with Crippen molar-refractivity contribution >= 4 is 35.0 Å². The number of carboxylic acids is 1. The van der Waals surface area contributed by atoms with Crippen LogP contribution in [0.1, 0.15) is 138 Å². The Balaban J connectivity index is 2.00. The number of Topliss-reactive ketones (excluding diaryl/α,β-unsaturated/α-hetero) is 1. The Labute approximate surface area is 227 Å². The lowest BCUT2D eigenvalue weighted by molar-refractivity contribution is -0.137. The van der Waals surface area contributed by atoms with Crippen molar-refractivity contribution in [3.63, 3.8) is 0 Å². The largest absolute Gasteiger partial charge is 0.492 e. The van der Waals surface area contributed by atoms with E-state index >= 15 is 0 Å². The molecule has 1 aromatic carbocycles. The van der Waals surface area contributed by atoms with Crippen molar-refractivity contribution in [2.75, 3.05) is 6.61 Å². The number of unbranched alkanes of at least 4 members (excludes halogenated alkanes) is 6. The molecule has 202 valence electrons. The number of ether oxygens (including phenoxy) is 1. The predicted octanol–water partition coefficient (Wildman–Crippen LogP) is 9.63. The molecule has 0 aliphatic heterocycles. The Kier molecular flexibility index (Phi) is 11.4. The molecule has 2 aliphatic rings. The van der Waals surface area contributed by atoms with E-state index < -0.39 is 11.4 Å². The normalized spacial score (nSPS) is 21.8. The SMILES string of the molecule is CCCCCCC1c2cc(OCCCC(=O)O)c(Cl)c(Cl)c2C(=O)C1(CCCCCC)C1CCCC1. The van der Waals surface area contributed by atoms with E-state index in [2.05, 4.69) is 13.8 Å². The van der Waals surface area contributed by atoms with E-state index in [0.717, 1.165) is 50.5 Å². The van der Waals surface area contributed by atoms with E-state index in [1.54, 1.807) is 0 Å². The maximum atomic E-state index is 14.4. The Morgan fingerprint density at radius 2 is 1.67 bits per heavy atom. The van der Waals surface area contributed by atoms with Crippen molar-refractivity contribution in [2.24, 2.45) is 11.3 Å². The number of hydrogen-bond donors (Lipinski definition) is 1. The summed E-state index contributed by atoms with van der Waals surface area (Å²) >= 11 is 13.5. The van der Waals surface area contributed by atoms with Crippen LogP contribution >= 0.6 is 23.2 Å². The summed E-state index contributed by atoms with van der Waals surface area (Å²) in [5.74, 6) is 0.373. The maximum absolute atomic E-state index is 14.4. The van der Waals surface area contributed by atoms with Gasteiger partial charge in [-0.2, -0.15) is 0 Å². The van der Waals surface area contributed by atoms with Gasteiger partial charge in [-0.05, 0) is 55.6 Å². The summed E-state index contributed by atoms with van der Waals surface area (Å²) in [4.78, 5) is 25.3. The van der Waals surface area contributed by atoms with Crippen molar-refractivity contribution < 1.29 is 19.4 Å². The zero-order chi connectivity index (χ0) is 26.1. The monoisotopic (exact) mass is 538 g/mol. The number of carbonyl (C=O) groups excluding carboxylic acids is 1. The topological polar surface area (TPSA) is 63.6 Å². The van der Waals surface area contributed by atoms with Crippen LogP contribution in [-0.4, -0.2) is 23.5 Å². The number of ketones is 1. The summed E-state index contributed by atoms with van der Waals surface area (Å²) in [6.45, 7) is 4.70. The smallest absolute Gasteiger partial charge is 0.303 e. The van der Waals surface area contributed by atoms with Crippen LogP contribution in [-0.2, 0) is 4.79 Å². The van der Waals surface area contributed by atoms with Crippen molar-refractivity contribution in [2.45, 2.75) is 122 Å². The number of hydrogen-bond acceptors (Lipinski definition) is 3. The minimum absolute atomic E-state index is 0.0391. The van der Waals surface area contributed by atoms with Crippen molar-refractivity contribution in [1.82, 2.24) is 0 Å². The number of halogens is 2. The molecule has 0 saturated heterocycles. The van der Waals surface area contributed by atoms with E-state index in [-0.39, 0.29) is 29.8 Å². The molecule has 2 unspecified atom stereocenters. The molecule has 0 aromatic heterocycles. The van der Waals surface area contributed by atoms with Crippen LogP contribution in [0.2, 0.25) is 10.0 Å². The maximum Gasteiger partial charge on any atom is 0.303 e. The van der Waals surface area contributed by atoms with Gasteiger partial charge in [0.05, 0.1) is 11.6 Å². The molecular formula is C30H44Cl2O4. The lowest BCUT2D eigenvalue weighted by atomic mass is 9.61. The lowest BCUT2D eigenvalue weighted by Crippen LogP contribution is -2.38. The van der Waals surface area contributed by atoms with E-state index in [1.807, 2.05) is 6.07 Å². The number of rotatable bonds is 16. The van der Waals surface area contributed by atoms with Crippen LogP contribution in [0.15, 0.2) is 6.07 Å². The highest BCUT2D eigenvalue weighted by Crippen LogP contribution is 2.62. The molecule has 0 spiro atoms. The minimum atomic E-state index is -0.848. The fourth-order valence-electron chi connectivity index (χ4n) is 6.74. The number of aliphatic carboxylic acids is 1. The Bertz CT molecular complexity index is 893. The fourth-order valence-corrected chi connectivity index (χ4v) is 7.23. The molecule has 1 fully saturated rings. The van der Waals surface area contributed by atoms with Crippen LogP contribution in [0, 0.1) is 11.3 Å². The highest BCUT2D eigenvalue weighted by molar-refractivity contribution is 6.45. The Morgan fingerprint density at radius 3 is 2.31 bits per heavy atom. The van der Waals surface area contributed by atoms with Crippen LogP contribution in [0.3, 0.4) is 0 Å². The average Bonchev–Trinajstić information content (AvgIpc) is 3.47. The van der Waals surface area contributed by atoms with Crippen LogP contribution in [0.5, 0.6) is 5.75 Å². The van der Waals surface area contributed by atoms with E-state index in [4.69, 9.17) is 33.0 Å². The summed E-state index contributed by atoms with van der Waals surface area (Å²) < 4.78 is 5.94. The molecule has 2 atom stereocenters. The second-order valence-corrected chi connectivity index (χ2v) is 11.6. The second-order valence-electron chi connectivity index (χ2n) is 10.9. The first kappa shape index (κ1) is 29.3. The highest BCUT2D eigenvalue weighted by Gasteiger charge is 2.57. The Hall–Kier alpha value is -1.26. The van der Waals surface area contributed by atoms with Gasteiger partial charge in [0.1, 0.15) is 10.8 Å². The summed E-state index contributed by atoms with van der Waals surface area (Å²) in [7, 11) is 0. The van der Waals surface area contributed by atoms with E-state index in [0.29, 0.717) is 28.7 Å². The third-order valence-corrected chi connectivity index (χ3v) is 9.37. The number of benzene rings is 1. The second kappa shape index (κ2) is 14.0. The Morgan fingerprint density at radius 1 is 1.00 bits per heavy atom. The zero-order valence-corrected chi connectivity index (χ0v) is 23.7. The number of fused-ring (bicyclic) bond motifs is 1. The third-order valence-electron chi connectivity index (χ3n) is 8.52. The first-order valence-electron chi connectivity index (χ1n) is 14.3. The van der Waals surface area contributed by atoms with E-state index in [9.17, 15) is 9.59 Å². The molecule has 0 amide bonds. The fraction of sp³-hybridized carbons (Fsp3) is 0.733. The van der Waals surface area contributed by atoms with Gasteiger partial charge >= 0.3 is 5.97 Å². The van der Waals surface area contributed by atoms with Gasteiger partial charge in [-0.1, -0.05) is 101 Å². The van der Waals surface area contributed by atoms with Gasteiger partial charge in [-0.3, -0.25) is 9.59 Å². The van der Waals surface area contributed by atoms with Crippen molar-refractivity contribution in [1.29, 1.82) is 0 Å². The summed E-state index contributed by atoms with van der Waals surface area (Å²) in [5, 5.41) is 9.54.